The number of hydrogen-bond donors (Lipinski definition) is 1. The van der Waals surface area contributed by atoms with Crippen LogP contribution in [0.15, 0.2) is 5.10 Å². The molecule has 0 atom stereocenters. The van der Waals surface area contributed by atoms with Crippen LogP contribution in [0.25, 0.3) is 0 Å². The molecule has 0 amide bonds. The lowest BCUT2D eigenvalue weighted by molar-refractivity contribution is -0.135. The lowest BCUT2D eigenvalue weighted by Crippen LogP contribution is -2.25. The molecule has 9 heteroatoms. The molecular formula is C9H14N2O6S. The lowest BCUT2D eigenvalue weighted by Gasteiger charge is -2.10. The molecule has 18 heavy (non-hydrogen) atoms. The summed E-state index contributed by atoms with van der Waals surface area (Å²) in [5, 5.41) is 5.03. The molecule has 0 fully saturated rings. The van der Waals surface area contributed by atoms with E-state index in [1.807, 2.05) is 0 Å². The van der Waals surface area contributed by atoms with Crippen LogP contribution in [0, 0.1) is 0 Å². The third-order valence-corrected chi connectivity index (χ3v) is 2.92. The molecule has 0 saturated heterocycles. The van der Waals surface area contributed by atoms with Crippen molar-refractivity contribution in [3.05, 3.63) is 0 Å². The highest BCUT2D eigenvalue weighted by molar-refractivity contribution is 7.85. The van der Waals surface area contributed by atoms with E-state index in [-0.39, 0.29) is 31.8 Å². The number of rotatable bonds is 6. The zero-order chi connectivity index (χ0) is 13.8. The van der Waals surface area contributed by atoms with Crippen LogP contribution < -0.4 is 0 Å². The Hall–Kier alpha value is -1.48. The summed E-state index contributed by atoms with van der Waals surface area (Å²) in [5.74, 6) is -1.65. The number of Topliss-reactive ketones (excluding diaryl/α,β-unsaturated/α-hetero) is 1. The fraction of sp³-hybridized carbons (Fsp3) is 0.667. The van der Waals surface area contributed by atoms with Crippen LogP contribution in [-0.2, 0) is 24.4 Å². The molecule has 102 valence electrons. The molecule has 1 N–H and O–H groups in total. The van der Waals surface area contributed by atoms with Gasteiger partial charge in [-0.05, 0) is 13.3 Å². The Bertz CT molecular complexity index is 469. The van der Waals surface area contributed by atoms with E-state index in [0.29, 0.717) is 0 Å². The van der Waals surface area contributed by atoms with Gasteiger partial charge in [-0.2, -0.15) is 13.5 Å². The maximum absolute atomic E-state index is 11.4. The number of hydrazone groups is 1. The van der Waals surface area contributed by atoms with E-state index in [4.69, 9.17) is 4.55 Å². The molecule has 0 bridgehead atoms. The number of nitrogens with zero attached hydrogens (tertiary/aromatic N) is 2. The normalized spacial score (nSPS) is 15.8. The molecule has 0 unspecified atom stereocenters. The second-order valence-electron chi connectivity index (χ2n) is 3.62. The van der Waals surface area contributed by atoms with Crippen LogP contribution in [-0.4, -0.2) is 60.9 Å². The molecule has 1 heterocycles. The first-order valence-electron chi connectivity index (χ1n) is 5.32. The zero-order valence-electron chi connectivity index (χ0n) is 9.83. The van der Waals surface area contributed by atoms with Crippen molar-refractivity contribution in [1.29, 1.82) is 0 Å². The zero-order valence-corrected chi connectivity index (χ0v) is 10.6. The molecule has 0 spiro atoms. The first kappa shape index (κ1) is 14.6. The highest BCUT2D eigenvalue weighted by Crippen LogP contribution is 2.06. The summed E-state index contributed by atoms with van der Waals surface area (Å²) in [4.78, 5) is 22.7. The summed E-state index contributed by atoms with van der Waals surface area (Å²) in [6.45, 7) is 1.84. The Balaban J connectivity index is 2.51. The summed E-state index contributed by atoms with van der Waals surface area (Å²) in [5.41, 5.74) is -0.274. The Labute approximate surface area is 104 Å². The van der Waals surface area contributed by atoms with Gasteiger partial charge in [0.1, 0.15) is 6.54 Å². The third-order valence-electron chi connectivity index (χ3n) is 2.12. The first-order chi connectivity index (χ1) is 8.33. The Morgan fingerprint density at radius 2 is 2.22 bits per heavy atom. The molecule has 0 aromatic rings. The van der Waals surface area contributed by atoms with Gasteiger partial charge >= 0.3 is 5.97 Å². The fourth-order valence-corrected chi connectivity index (χ4v) is 1.88. The smallest absolute Gasteiger partial charge is 0.362 e. The Kier molecular flexibility index (Phi) is 4.79. The molecule has 1 aliphatic rings. The third kappa shape index (κ3) is 4.41. The van der Waals surface area contributed by atoms with Crippen LogP contribution in [0.2, 0.25) is 0 Å². The molecule has 1 aliphatic heterocycles. The molecule has 0 aromatic carbocycles. The second kappa shape index (κ2) is 5.91. The van der Waals surface area contributed by atoms with E-state index < -0.39 is 27.6 Å². The number of ketones is 1. The van der Waals surface area contributed by atoms with Crippen molar-refractivity contribution < 1.29 is 27.3 Å². The van der Waals surface area contributed by atoms with E-state index in [2.05, 4.69) is 9.84 Å². The highest BCUT2D eigenvalue weighted by Gasteiger charge is 2.30. The minimum Gasteiger partial charge on any atom is -0.461 e. The van der Waals surface area contributed by atoms with Crippen LogP contribution in [0.5, 0.6) is 0 Å². The van der Waals surface area contributed by atoms with Crippen LogP contribution >= 0.6 is 0 Å². The molecule has 0 saturated carbocycles. The predicted octanol–water partition coefficient (Wildman–Crippen LogP) is -0.932. The topological polar surface area (TPSA) is 113 Å². The van der Waals surface area contributed by atoms with Gasteiger partial charge in [-0.15, -0.1) is 0 Å². The van der Waals surface area contributed by atoms with Crippen molar-refractivity contribution in [2.75, 3.05) is 25.4 Å². The summed E-state index contributed by atoms with van der Waals surface area (Å²) in [6, 6.07) is 0. The van der Waals surface area contributed by atoms with Gasteiger partial charge in [-0.25, -0.2) is 4.79 Å². The lowest BCUT2D eigenvalue weighted by atomic mass is 10.2. The van der Waals surface area contributed by atoms with E-state index in [1.165, 1.54) is 5.01 Å². The average molecular weight is 278 g/mol. The summed E-state index contributed by atoms with van der Waals surface area (Å²) in [6.07, 6.45) is 0.117. The fourth-order valence-electron chi connectivity index (χ4n) is 1.39. The van der Waals surface area contributed by atoms with Crippen molar-refractivity contribution in [1.82, 2.24) is 5.01 Å². The average Bonchev–Trinajstić information content (AvgIpc) is 2.58. The number of carbonyl (C=O) groups excluding carboxylic acids is 2. The summed E-state index contributed by atoms with van der Waals surface area (Å²) < 4.78 is 34.2. The van der Waals surface area contributed by atoms with Crippen LogP contribution in [0.4, 0.5) is 0 Å². The van der Waals surface area contributed by atoms with Gasteiger partial charge in [-0.1, -0.05) is 0 Å². The first-order valence-corrected chi connectivity index (χ1v) is 6.93. The van der Waals surface area contributed by atoms with Gasteiger partial charge in [0.05, 0.1) is 12.4 Å². The Morgan fingerprint density at radius 3 is 2.78 bits per heavy atom. The van der Waals surface area contributed by atoms with E-state index in [0.717, 1.165) is 0 Å². The summed E-state index contributed by atoms with van der Waals surface area (Å²) in [7, 11) is -4.02. The molecule has 0 radical (unpaired) electrons. The molecule has 8 nitrogen and oxygen atoms in total. The number of carbonyl (C=O) groups is 2. The minimum atomic E-state index is -4.02. The van der Waals surface area contributed by atoms with Gasteiger partial charge in [0.15, 0.2) is 0 Å². The van der Waals surface area contributed by atoms with Gasteiger partial charge in [0, 0.05) is 6.54 Å². The van der Waals surface area contributed by atoms with Crippen molar-refractivity contribution in [2.24, 2.45) is 5.10 Å². The van der Waals surface area contributed by atoms with Crippen LogP contribution in [0.1, 0.15) is 13.3 Å². The van der Waals surface area contributed by atoms with Crippen molar-refractivity contribution in [2.45, 2.75) is 13.3 Å². The quantitative estimate of drug-likeness (QED) is 0.493. The SMILES string of the molecule is CCOC(=O)C1=NN(CCCS(=O)(=O)O)CC1=O. The highest BCUT2D eigenvalue weighted by atomic mass is 32.2. The Morgan fingerprint density at radius 1 is 1.56 bits per heavy atom. The maximum atomic E-state index is 11.4. The number of hydrogen-bond acceptors (Lipinski definition) is 7. The standard InChI is InChI=1S/C9H14N2O6S/c1-2-17-9(13)8-7(12)6-11(10-8)4-3-5-18(14,15)16/h2-6H2,1H3,(H,14,15,16). The van der Waals surface area contributed by atoms with Crippen molar-refractivity contribution >= 4 is 27.6 Å². The largest absolute Gasteiger partial charge is 0.461 e. The van der Waals surface area contributed by atoms with Crippen molar-refractivity contribution in [3.63, 3.8) is 0 Å². The van der Waals surface area contributed by atoms with E-state index in [1.54, 1.807) is 6.92 Å². The number of esters is 1. The molecule has 0 aliphatic carbocycles. The van der Waals surface area contributed by atoms with Gasteiger partial charge in [-0.3, -0.25) is 14.4 Å². The van der Waals surface area contributed by atoms with Gasteiger partial charge in [0.25, 0.3) is 10.1 Å². The van der Waals surface area contributed by atoms with Crippen LogP contribution in [0.3, 0.4) is 0 Å². The number of ether oxygens (including phenoxy) is 1. The van der Waals surface area contributed by atoms with Gasteiger partial charge < -0.3 is 4.74 Å². The molecule has 1 rings (SSSR count). The predicted molar refractivity (Wildman–Crippen MR) is 61.7 cm³/mol. The van der Waals surface area contributed by atoms with Crippen molar-refractivity contribution in [3.8, 4) is 0 Å². The van der Waals surface area contributed by atoms with E-state index >= 15 is 0 Å². The minimum absolute atomic E-state index is 0.0837. The van der Waals surface area contributed by atoms with Gasteiger partial charge in [0.2, 0.25) is 11.5 Å². The molecule has 0 aromatic heterocycles. The summed E-state index contributed by atoms with van der Waals surface area (Å²) >= 11 is 0. The second-order valence-corrected chi connectivity index (χ2v) is 5.19. The van der Waals surface area contributed by atoms with E-state index in [9.17, 15) is 18.0 Å². The maximum Gasteiger partial charge on any atom is 0.362 e. The monoisotopic (exact) mass is 278 g/mol. The molecular weight excluding hydrogens is 264 g/mol.